The second-order valence-corrected chi connectivity index (χ2v) is 9.17. The van der Waals surface area contributed by atoms with Crippen LogP contribution in [0.5, 0.6) is 5.75 Å². The number of ether oxygens (including phenoxy) is 2. The van der Waals surface area contributed by atoms with Gasteiger partial charge in [0.25, 0.3) is 5.91 Å². The number of methoxy groups -OCH3 is 1. The Bertz CT molecular complexity index is 1260. The largest absolute Gasteiger partial charge is 0.497 e. The minimum atomic E-state index is -0.370. The molecule has 198 valence electrons. The van der Waals surface area contributed by atoms with Gasteiger partial charge in [-0.3, -0.25) is 9.59 Å². The van der Waals surface area contributed by atoms with E-state index < -0.39 is 0 Å². The molecule has 3 aromatic rings. The number of pyridine rings is 1. The Morgan fingerprint density at radius 1 is 1.08 bits per heavy atom. The van der Waals surface area contributed by atoms with E-state index in [4.69, 9.17) is 9.47 Å². The van der Waals surface area contributed by atoms with Crippen LogP contribution in [0.2, 0.25) is 0 Å². The number of nitrogens with one attached hydrogen (secondary N) is 2. The third-order valence-electron chi connectivity index (χ3n) is 6.93. The molecule has 9 nitrogen and oxygen atoms in total. The van der Waals surface area contributed by atoms with E-state index in [9.17, 15) is 9.59 Å². The van der Waals surface area contributed by atoms with Crippen LogP contribution in [0.3, 0.4) is 0 Å². The molecule has 2 heterocycles. The maximum atomic E-state index is 13.1. The first-order chi connectivity index (χ1) is 17.9. The lowest BCUT2D eigenvalue weighted by Crippen LogP contribution is -2.36. The standard InChI is InChI=1S/C28H37N5O4/c1-5-32(6-2)12-11-31(3)25-18-22(36-4)17-23-26(34)19-24(30-27(23)25)28(35)29-20-7-9-21(10-8-20)33-13-15-37-16-14-33/h7-10,17-19H,5-6,11-16H2,1-4H3,(H,29,35)(H,30,34). The fourth-order valence-electron chi connectivity index (χ4n) is 4.57. The second kappa shape index (κ2) is 12.1. The van der Waals surface area contributed by atoms with Crippen molar-refractivity contribution in [3.8, 4) is 5.75 Å². The first kappa shape index (κ1) is 26.5. The maximum Gasteiger partial charge on any atom is 0.272 e. The van der Waals surface area contributed by atoms with Crippen LogP contribution < -0.4 is 25.3 Å². The molecular formula is C28H37N5O4. The summed E-state index contributed by atoms with van der Waals surface area (Å²) in [7, 11) is 3.57. The van der Waals surface area contributed by atoms with Gasteiger partial charge in [-0.05, 0) is 43.4 Å². The Labute approximate surface area is 218 Å². The molecule has 0 unspecified atom stereocenters. The molecule has 37 heavy (non-hydrogen) atoms. The fourth-order valence-corrected chi connectivity index (χ4v) is 4.57. The highest BCUT2D eigenvalue weighted by Crippen LogP contribution is 2.29. The van der Waals surface area contributed by atoms with Crippen LogP contribution in [0.1, 0.15) is 24.3 Å². The molecule has 1 saturated heterocycles. The molecule has 0 spiro atoms. The van der Waals surface area contributed by atoms with Crippen LogP contribution in [-0.4, -0.2) is 82.4 Å². The van der Waals surface area contributed by atoms with Crippen LogP contribution in [0, 0.1) is 0 Å². The molecule has 0 aliphatic carbocycles. The van der Waals surface area contributed by atoms with Gasteiger partial charge in [0.05, 0.1) is 36.9 Å². The molecule has 0 bridgehead atoms. The van der Waals surface area contributed by atoms with E-state index >= 15 is 0 Å². The van der Waals surface area contributed by atoms with Gasteiger partial charge in [-0.15, -0.1) is 0 Å². The van der Waals surface area contributed by atoms with Crippen molar-refractivity contribution in [1.82, 2.24) is 9.88 Å². The summed E-state index contributed by atoms with van der Waals surface area (Å²) in [6.07, 6.45) is 0. The van der Waals surface area contributed by atoms with Crippen molar-refractivity contribution in [2.45, 2.75) is 13.8 Å². The van der Waals surface area contributed by atoms with E-state index in [2.05, 4.69) is 38.8 Å². The molecule has 0 radical (unpaired) electrons. The van der Waals surface area contributed by atoms with Gasteiger partial charge in [0.15, 0.2) is 5.43 Å². The van der Waals surface area contributed by atoms with Crippen LogP contribution in [0.15, 0.2) is 47.3 Å². The third kappa shape index (κ3) is 6.23. The molecule has 1 aliphatic heterocycles. The topological polar surface area (TPSA) is 90.1 Å². The molecule has 9 heteroatoms. The van der Waals surface area contributed by atoms with Gasteiger partial charge in [0.2, 0.25) is 0 Å². The molecular weight excluding hydrogens is 470 g/mol. The number of aromatic nitrogens is 1. The van der Waals surface area contributed by atoms with E-state index in [0.29, 0.717) is 35.6 Å². The molecule has 2 aromatic carbocycles. The zero-order valence-corrected chi connectivity index (χ0v) is 22.2. The SMILES string of the molecule is CCN(CC)CCN(C)c1cc(OC)cc2c(=O)cc(C(=O)Nc3ccc(N4CCOCC4)cc3)[nH]c12. The van der Waals surface area contributed by atoms with Crippen molar-refractivity contribution in [2.75, 3.05) is 81.8 Å². The number of carbonyl (C=O) groups excluding carboxylic acids is 1. The molecule has 1 fully saturated rings. The quantitative estimate of drug-likeness (QED) is 0.435. The minimum absolute atomic E-state index is 0.207. The molecule has 0 atom stereocenters. The van der Waals surface area contributed by atoms with E-state index in [0.717, 1.165) is 50.6 Å². The summed E-state index contributed by atoms with van der Waals surface area (Å²) < 4.78 is 10.9. The fraction of sp³-hybridized carbons (Fsp3) is 0.429. The summed E-state index contributed by atoms with van der Waals surface area (Å²) in [6.45, 7) is 11.0. The first-order valence-electron chi connectivity index (χ1n) is 12.9. The van der Waals surface area contributed by atoms with Gasteiger partial charge in [0.1, 0.15) is 11.4 Å². The van der Waals surface area contributed by atoms with Crippen molar-refractivity contribution < 1.29 is 14.3 Å². The Hall–Kier alpha value is -3.56. The second-order valence-electron chi connectivity index (χ2n) is 9.17. The highest BCUT2D eigenvalue weighted by Gasteiger charge is 2.17. The summed E-state index contributed by atoms with van der Waals surface area (Å²) >= 11 is 0. The van der Waals surface area contributed by atoms with Crippen molar-refractivity contribution in [3.05, 3.63) is 58.4 Å². The lowest BCUT2D eigenvalue weighted by atomic mass is 10.1. The lowest BCUT2D eigenvalue weighted by molar-refractivity contribution is 0.102. The molecule has 1 amide bonds. The Morgan fingerprint density at radius 3 is 2.43 bits per heavy atom. The van der Waals surface area contributed by atoms with E-state index in [-0.39, 0.29) is 17.0 Å². The number of hydrogen-bond donors (Lipinski definition) is 2. The van der Waals surface area contributed by atoms with Gasteiger partial charge in [-0.25, -0.2) is 0 Å². The number of likely N-dealkylation sites (N-methyl/N-ethyl adjacent to an activating group) is 2. The number of amides is 1. The van der Waals surface area contributed by atoms with Gasteiger partial charge in [-0.2, -0.15) is 0 Å². The summed E-state index contributed by atoms with van der Waals surface area (Å²) in [5.41, 5.74) is 3.14. The molecule has 1 aromatic heterocycles. The van der Waals surface area contributed by atoms with Crippen LogP contribution in [-0.2, 0) is 4.74 Å². The van der Waals surface area contributed by atoms with E-state index in [1.165, 1.54) is 6.07 Å². The number of rotatable bonds is 10. The Morgan fingerprint density at radius 2 is 1.78 bits per heavy atom. The molecule has 1 aliphatic rings. The number of hydrogen-bond acceptors (Lipinski definition) is 7. The van der Waals surface area contributed by atoms with E-state index in [1.807, 2.05) is 37.4 Å². The molecule has 0 saturated carbocycles. The minimum Gasteiger partial charge on any atom is -0.497 e. The normalized spacial score (nSPS) is 13.7. The van der Waals surface area contributed by atoms with Crippen LogP contribution in [0.4, 0.5) is 17.1 Å². The Kier molecular flexibility index (Phi) is 8.68. The molecule has 4 rings (SSSR count). The average Bonchev–Trinajstić information content (AvgIpc) is 2.93. The summed E-state index contributed by atoms with van der Waals surface area (Å²) in [4.78, 5) is 36.1. The highest BCUT2D eigenvalue weighted by molar-refractivity contribution is 6.05. The number of nitrogens with zero attached hydrogens (tertiary/aromatic N) is 3. The summed E-state index contributed by atoms with van der Waals surface area (Å²) in [6, 6.07) is 12.7. The number of benzene rings is 2. The number of fused-ring (bicyclic) bond motifs is 1. The van der Waals surface area contributed by atoms with Gasteiger partial charge in [-0.1, -0.05) is 13.8 Å². The summed E-state index contributed by atoms with van der Waals surface area (Å²) in [5, 5.41) is 3.39. The third-order valence-corrected chi connectivity index (χ3v) is 6.93. The zero-order valence-electron chi connectivity index (χ0n) is 22.2. The maximum absolute atomic E-state index is 13.1. The predicted molar refractivity (Wildman–Crippen MR) is 150 cm³/mol. The van der Waals surface area contributed by atoms with Crippen LogP contribution >= 0.6 is 0 Å². The van der Waals surface area contributed by atoms with Gasteiger partial charge < -0.3 is 34.5 Å². The smallest absolute Gasteiger partial charge is 0.272 e. The van der Waals surface area contributed by atoms with Crippen molar-refractivity contribution in [1.29, 1.82) is 0 Å². The highest BCUT2D eigenvalue weighted by atomic mass is 16.5. The van der Waals surface area contributed by atoms with Crippen molar-refractivity contribution in [2.24, 2.45) is 0 Å². The predicted octanol–water partition coefficient (Wildman–Crippen LogP) is 3.40. The van der Waals surface area contributed by atoms with Crippen molar-refractivity contribution >= 4 is 33.9 Å². The van der Waals surface area contributed by atoms with E-state index in [1.54, 1.807) is 13.2 Å². The summed E-state index contributed by atoms with van der Waals surface area (Å²) in [5.74, 6) is 0.228. The number of H-pyrrole nitrogens is 1. The number of morpholine rings is 1. The van der Waals surface area contributed by atoms with Crippen LogP contribution in [0.25, 0.3) is 10.9 Å². The Balaban J connectivity index is 1.59. The van der Waals surface area contributed by atoms with Gasteiger partial charge in [0, 0.05) is 56.7 Å². The lowest BCUT2D eigenvalue weighted by Gasteiger charge is -2.28. The molecule has 2 N–H and O–H groups in total. The monoisotopic (exact) mass is 507 g/mol. The zero-order chi connectivity index (χ0) is 26.4. The average molecular weight is 508 g/mol. The number of carbonyl (C=O) groups is 1. The van der Waals surface area contributed by atoms with Gasteiger partial charge >= 0.3 is 0 Å². The first-order valence-corrected chi connectivity index (χ1v) is 12.9. The van der Waals surface area contributed by atoms with Crippen molar-refractivity contribution in [3.63, 3.8) is 0 Å². The number of aromatic amines is 1. The number of anilines is 3.